The minimum Gasteiger partial charge on any atom is -0.478 e. The Kier molecular flexibility index (Phi) is 4.63. The van der Waals surface area contributed by atoms with Gasteiger partial charge in [-0.1, -0.05) is 18.2 Å². The number of rotatable bonds is 3. The molecule has 0 aromatic heterocycles. The molecule has 0 bridgehead atoms. The number of likely N-dealkylation sites (N-methyl/N-ethyl adjacent to an activating group) is 1. The maximum Gasteiger partial charge on any atom is 0.337 e. The number of carboxylic acid groups (broad SMARTS) is 1. The van der Waals surface area contributed by atoms with Crippen molar-refractivity contribution in [1.82, 2.24) is 4.90 Å². The molecule has 3 N–H and O–H groups in total. The number of benzene rings is 1. The summed E-state index contributed by atoms with van der Waals surface area (Å²) in [6.07, 6.45) is 1.75. The highest BCUT2D eigenvalue weighted by atomic mass is 16.6. The van der Waals surface area contributed by atoms with E-state index in [0.29, 0.717) is 24.2 Å². The first-order valence-corrected chi connectivity index (χ1v) is 8.46. The zero-order valence-electron chi connectivity index (χ0n) is 15.0. The van der Waals surface area contributed by atoms with E-state index in [1.54, 1.807) is 6.08 Å². The summed E-state index contributed by atoms with van der Waals surface area (Å²) < 4.78 is 0. The third-order valence-electron chi connectivity index (χ3n) is 5.41. The molecule has 1 heterocycles. The lowest BCUT2D eigenvalue weighted by Crippen LogP contribution is -2.48. The predicted molar refractivity (Wildman–Crippen MR) is 97.4 cm³/mol. The second kappa shape index (κ2) is 6.80. The molecule has 0 saturated carbocycles. The van der Waals surface area contributed by atoms with E-state index in [4.69, 9.17) is 5.73 Å². The van der Waals surface area contributed by atoms with Crippen LogP contribution in [0, 0.1) is 44.1 Å². The highest BCUT2D eigenvalue weighted by molar-refractivity contribution is 5.94. The highest BCUT2D eigenvalue weighted by Gasteiger charge is 2.55. The molecule has 9 heteroatoms. The first-order chi connectivity index (χ1) is 13.3. The summed E-state index contributed by atoms with van der Waals surface area (Å²) in [5, 5.41) is 40.5. The second-order valence-electron chi connectivity index (χ2n) is 6.94. The lowest BCUT2D eigenvalue weighted by atomic mass is 9.58. The van der Waals surface area contributed by atoms with Gasteiger partial charge in [0.25, 0.3) is 5.69 Å². The van der Waals surface area contributed by atoms with Gasteiger partial charge in [0.2, 0.25) is 0 Å². The first kappa shape index (κ1) is 19.1. The van der Waals surface area contributed by atoms with Crippen molar-refractivity contribution in [2.75, 3.05) is 20.1 Å². The zero-order chi connectivity index (χ0) is 20.6. The Morgan fingerprint density at radius 1 is 1.36 bits per heavy atom. The molecule has 1 aromatic carbocycles. The van der Waals surface area contributed by atoms with Crippen LogP contribution in [0.15, 0.2) is 47.2 Å². The van der Waals surface area contributed by atoms with Gasteiger partial charge in [0.1, 0.15) is 0 Å². The number of nitrogens with two attached hydrogens (primary N) is 1. The lowest BCUT2D eigenvalue weighted by Gasteiger charge is -2.45. The van der Waals surface area contributed by atoms with Crippen molar-refractivity contribution in [2.45, 2.75) is 5.92 Å². The van der Waals surface area contributed by atoms with Crippen molar-refractivity contribution in [3.05, 3.63) is 62.9 Å². The van der Waals surface area contributed by atoms with Crippen LogP contribution in [0.3, 0.4) is 0 Å². The standard InChI is InChI=1S/C19H17N5O4/c1-23-7-6-13-14(8-23)16(11-2-4-12(5-3-11)24(27)28)19(9-20,10-21)17(22)15(13)18(25)26/h2-6,14,16H,7-8,22H2,1H3,(H,25,26)/t14-,16+/m0/s1. The highest BCUT2D eigenvalue weighted by Crippen LogP contribution is 2.54. The molecule has 3 rings (SSSR count). The van der Waals surface area contributed by atoms with Crippen molar-refractivity contribution in [3.8, 4) is 12.1 Å². The number of hydrogen-bond donors (Lipinski definition) is 2. The van der Waals surface area contributed by atoms with Crippen LogP contribution in [0.5, 0.6) is 0 Å². The molecule has 28 heavy (non-hydrogen) atoms. The minimum atomic E-state index is -1.90. The number of hydrogen-bond acceptors (Lipinski definition) is 7. The van der Waals surface area contributed by atoms with Crippen molar-refractivity contribution in [3.63, 3.8) is 0 Å². The Balaban J connectivity index is 2.30. The van der Waals surface area contributed by atoms with Crippen LogP contribution in [-0.4, -0.2) is 41.0 Å². The third-order valence-corrected chi connectivity index (χ3v) is 5.41. The van der Waals surface area contributed by atoms with Gasteiger partial charge in [0.05, 0.1) is 28.3 Å². The summed E-state index contributed by atoms with van der Waals surface area (Å²) in [6, 6.07) is 9.50. The average Bonchev–Trinajstić information content (AvgIpc) is 2.67. The molecular formula is C19H17N5O4. The Morgan fingerprint density at radius 2 is 1.96 bits per heavy atom. The molecule has 9 nitrogen and oxygen atoms in total. The van der Waals surface area contributed by atoms with Gasteiger partial charge in [-0.15, -0.1) is 0 Å². The SMILES string of the molecule is CN1CC=C2C(C(=O)O)=C(N)C(C#N)(C#N)[C@H](c3ccc([N+](=O)[O-])cc3)[C@H]2C1. The molecule has 1 aliphatic heterocycles. The van der Waals surface area contributed by atoms with Crippen molar-refractivity contribution >= 4 is 11.7 Å². The molecule has 1 aliphatic carbocycles. The van der Waals surface area contributed by atoms with Crippen molar-refractivity contribution < 1.29 is 14.8 Å². The Bertz CT molecular complexity index is 983. The van der Waals surface area contributed by atoms with Crippen LogP contribution in [0.4, 0.5) is 5.69 Å². The Labute approximate surface area is 160 Å². The summed E-state index contributed by atoms with van der Waals surface area (Å²) >= 11 is 0. The van der Waals surface area contributed by atoms with Gasteiger partial charge >= 0.3 is 5.97 Å². The number of nitriles is 2. The Morgan fingerprint density at radius 3 is 2.46 bits per heavy atom. The van der Waals surface area contributed by atoms with Gasteiger partial charge in [-0.25, -0.2) is 4.79 Å². The summed E-state index contributed by atoms with van der Waals surface area (Å²) in [4.78, 5) is 24.3. The average molecular weight is 379 g/mol. The topological polar surface area (TPSA) is 157 Å². The van der Waals surface area contributed by atoms with E-state index in [0.717, 1.165) is 0 Å². The van der Waals surface area contributed by atoms with E-state index in [9.17, 15) is 30.5 Å². The van der Waals surface area contributed by atoms with E-state index in [1.807, 2.05) is 24.1 Å². The molecule has 0 unspecified atom stereocenters. The molecule has 0 amide bonds. The van der Waals surface area contributed by atoms with Crippen LogP contribution in [0.2, 0.25) is 0 Å². The van der Waals surface area contributed by atoms with E-state index in [1.165, 1.54) is 24.3 Å². The summed E-state index contributed by atoms with van der Waals surface area (Å²) in [5.41, 5.74) is 4.63. The van der Waals surface area contributed by atoms with E-state index in [-0.39, 0.29) is 17.0 Å². The van der Waals surface area contributed by atoms with E-state index < -0.39 is 28.1 Å². The van der Waals surface area contributed by atoms with Crippen molar-refractivity contribution in [2.24, 2.45) is 17.1 Å². The Hall–Kier alpha value is -3.69. The fourth-order valence-electron chi connectivity index (χ4n) is 4.12. The van der Waals surface area contributed by atoms with Crippen LogP contribution in [-0.2, 0) is 4.79 Å². The summed E-state index contributed by atoms with van der Waals surface area (Å²) in [7, 11) is 1.85. The van der Waals surface area contributed by atoms with E-state index >= 15 is 0 Å². The largest absolute Gasteiger partial charge is 0.478 e. The lowest BCUT2D eigenvalue weighted by molar-refractivity contribution is -0.384. The predicted octanol–water partition coefficient (Wildman–Crippen LogP) is 1.51. The number of aliphatic carboxylic acids is 1. The fraction of sp³-hybridized carbons (Fsp3) is 0.316. The normalized spacial score (nSPS) is 23.8. The molecule has 0 spiro atoms. The number of non-ortho nitro benzene ring substituents is 1. The number of fused-ring (bicyclic) bond motifs is 1. The van der Waals surface area contributed by atoms with Crippen LogP contribution >= 0.6 is 0 Å². The molecule has 142 valence electrons. The number of carboxylic acids is 1. The number of carbonyl (C=O) groups is 1. The molecule has 2 atom stereocenters. The molecular weight excluding hydrogens is 362 g/mol. The maximum absolute atomic E-state index is 11.9. The molecule has 0 radical (unpaired) electrons. The van der Waals surface area contributed by atoms with Gasteiger partial charge in [0, 0.05) is 37.1 Å². The third kappa shape index (κ3) is 2.70. The number of allylic oxidation sites excluding steroid dienone is 1. The molecule has 0 fully saturated rings. The van der Waals surface area contributed by atoms with Gasteiger partial charge in [0.15, 0.2) is 5.41 Å². The molecule has 1 aromatic rings. The molecule has 2 aliphatic rings. The maximum atomic E-state index is 11.9. The van der Waals surface area contributed by atoms with Gasteiger partial charge in [-0.3, -0.25) is 10.1 Å². The smallest absolute Gasteiger partial charge is 0.337 e. The second-order valence-corrected chi connectivity index (χ2v) is 6.94. The zero-order valence-corrected chi connectivity index (χ0v) is 15.0. The van der Waals surface area contributed by atoms with Gasteiger partial charge < -0.3 is 15.7 Å². The van der Waals surface area contributed by atoms with Gasteiger partial charge in [-0.05, 0) is 18.2 Å². The molecule has 0 saturated heterocycles. The summed E-state index contributed by atoms with van der Waals surface area (Å²) in [6.45, 7) is 0.928. The van der Waals surface area contributed by atoms with Crippen LogP contribution < -0.4 is 5.73 Å². The quantitative estimate of drug-likeness (QED) is 0.591. The fourth-order valence-corrected chi connectivity index (χ4v) is 4.12. The minimum absolute atomic E-state index is 0.120. The first-order valence-electron chi connectivity index (χ1n) is 8.46. The number of nitrogens with zero attached hydrogens (tertiary/aromatic N) is 4. The monoisotopic (exact) mass is 379 g/mol. The van der Waals surface area contributed by atoms with Crippen molar-refractivity contribution in [1.29, 1.82) is 10.5 Å². The van der Waals surface area contributed by atoms with Crippen LogP contribution in [0.25, 0.3) is 0 Å². The summed E-state index contributed by atoms with van der Waals surface area (Å²) in [5.74, 6) is -2.52. The number of nitro groups is 1. The van der Waals surface area contributed by atoms with Gasteiger partial charge in [-0.2, -0.15) is 10.5 Å². The number of nitro benzene ring substituents is 1. The van der Waals surface area contributed by atoms with E-state index in [2.05, 4.69) is 0 Å². The van der Waals surface area contributed by atoms with Crippen LogP contribution in [0.1, 0.15) is 11.5 Å².